The van der Waals surface area contributed by atoms with Crippen molar-refractivity contribution in [2.45, 2.75) is 6.04 Å². The molecule has 1 fully saturated rings. The number of amides is 1. The van der Waals surface area contributed by atoms with Gasteiger partial charge in [-0.2, -0.15) is 0 Å². The van der Waals surface area contributed by atoms with E-state index >= 15 is 0 Å². The van der Waals surface area contributed by atoms with Gasteiger partial charge in [-0.1, -0.05) is 0 Å². The van der Waals surface area contributed by atoms with Crippen molar-refractivity contribution >= 4 is 5.91 Å². The first kappa shape index (κ1) is 6.48. The number of β-lactam (4-membered cyclic amide) rings is 1. The van der Waals surface area contributed by atoms with Crippen LogP contribution >= 0.6 is 0 Å². The first-order valence-electron chi connectivity index (χ1n) is 2.86. The van der Waals surface area contributed by atoms with Crippen molar-refractivity contribution in [1.82, 2.24) is 4.90 Å². The molecule has 0 saturated carbocycles. The average molecular weight is 132 g/mol. The number of hydrogen-bond donors (Lipinski definition) is 1. The summed E-state index contributed by atoms with van der Waals surface area (Å²) >= 11 is 0. The summed E-state index contributed by atoms with van der Waals surface area (Å²) in [4.78, 5) is 12.0. The molecule has 1 atom stereocenters. The monoisotopic (exact) mass is 132 g/mol. The lowest BCUT2D eigenvalue weighted by atomic mass is 10.1. The predicted molar refractivity (Wildman–Crippen MR) is 30.5 cm³/mol. The van der Waals surface area contributed by atoms with Crippen LogP contribution in [-0.4, -0.2) is 36.6 Å². The molecular weight excluding hydrogens is 123 g/mol. The fourth-order valence-corrected chi connectivity index (χ4v) is 0.831. The second-order valence-electron chi connectivity index (χ2n) is 2.08. The Bertz CT molecular complexity index is 126. The van der Waals surface area contributed by atoms with Crippen LogP contribution in [0.5, 0.6) is 0 Å². The smallest absolute Gasteiger partial charge is 0.241 e. The second-order valence-corrected chi connectivity index (χ2v) is 2.08. The van der Waals surface area contributed by atoms with Gasteiger partial charge in [0.1, 0.15) is 12.7 Å². The molecule has 1 rings (SSSR count). The van der Waals surface area contributed by atoms with Gasteiger partial charge in [0.25, 0.3) is 0 Å². The van der Waals surface area contributed by atoms with E-state index in [1.54, 1.807) is 0 Å². The number of halogens is 1. The van der Waals surface area contributed by atoms with Crippen molar-refractivity contribution in [3.05, 3.63) is 0 Å². The highest BCUT2D eigenvalue weighted by atomic mass is 19.1. The van der Waals surface area contributed by atoms with Crippen LogP contribution in [0.25, 0.3) is 0 Å². The van der Waals surface area contributed by atoms with Gasteiger partial charge >= 0.3 is 0 Å². The molecule has 2 N–H and O–H groups in total. The van der Waals surface area contributed by atoms with Gasteiger partial charge in [0, 0.05) is 13.1 Å². The lowest BCUT2D eigenvalue weighted by Gasteiger charge is -2.35. The molecule has 0 aromatic heterocycles. The van der Waals surface area contributed by atoms with Crippen LogP contribution < -0.4 is 5.73 Å². The zero-order valence-corrected chi connectivity index (χ0v) is 5.01. The minimum absolute atomic E-state index is 0.132. The summed E-state index contributed by atoms with van der Waals surface area (Å²) in [6.07, 6.45) is 0. The normalized spacial score (nSPS) is 26.2. The Morgan fingerprint density at radius 3 is 2.89 bits per heavy atom. The van der Waals surface area contributed by atoms with Gasteiger partial charge in [-0.15, -0.1) is 0 Å². The zero-order valence-electron chi connectivity index (χ0n) is 5.01. The zero-order chi connectivity index (χ0) is 6.85. The molecule has 0 aromatic rings. The molecule has 1 amide bonds. The maximum atomic E-state index is 11.5. The highest BCUT2D eigenvalue weighted by Gasteiger charge is 2.32. The van der Waals surface area contributed by atoms with Crippen molar-refractivity contribution in [3.8, 4) is 0 Å². The van der Waals surface area contributed by atoms with E-state index in [0.29, 0.717) is 6.54 Å². The molecule has 0 bridgehead atoms. The first-order chi connectivity index (χ1) is 4.25. The number of carbonyl (C=O) groups is 1. The molecule has 1 heterocycles. The van der Waals surface area contributed by atoms with Crippen LogP contribution in [-0.2, 0) is 4.79 Å². The third-order valence-electron chi connectivity index (χ3n) is 1.40. The topological polar surface area (TPSA) is 46.3 Å². The van der Waals surface area contributed by atoms with E-state index in [1.165, 1.54) is 4.90 Å². The maximum absolute atomic E-state index is 11.5. The number of nitrogens with zero attached hydrogens (tertiary/aromatic N) is 1. The fraction of sp³-hybridized carbons (Fsp3) is 0.800. The lowest BCUT2D eigenvalue weighted by Crippen LogP contribution is -2.61. The van der Waals surface area contributed by atoms with Gasteiger partial charge in [-0.05, 0) is 0 Å². The molecule has 52 valence electrons. The fourth-order valence-electron chi connectivity index (χ4n) is 0.831. The van der Waals surface area contributed by atoms with Crippen molar-refractivity contribution in [2.75, 3.05) is 19.8 Å². The van der Waals surface area contributed by atoms with E-state index < -0.39 is 6.67 Å². The van der Waals surface area contributed by atoms with Crippen LogP contribution in [0.1, 0.15) is 0 Å². The Hall–Kier alpha value is -0.640. The van der Waals surface area contributed by atoms with E-state index in [9.17, 15) is 9.18 Å². The molecule has 1 unspecified atom stereocenters. The quantitative estimate of drug-likeness (QED) is 0.496. The summed E-state index contributed by atoms with van der Waals surface area (Å²) in [6, 6.07) is -0.364. The van der Waals surface area contributed by atoms with Crippen LogP contribution in [0.4, 0.5) is 4.39 Å². The minimum atomic E-state index is -0.474. The summed E-state index contributed by atoms with van der Waals surface area (Å²) in [5.41, 5.74) is 5.23. The summed E-state index contributed by atoms with van der Waals surface area (Å²) < 4.78 is 11.5. The molecule has 1 saturated heterocycles. The van der Waals surface area contributed by atoms with Crippen LogP contribution in [0.3, 0.4) is 0 Å². The molecule has 0 radical (unpaired) electrons. The molecule has 0 aliphatic carbocycles. The van der Waals surface area contributed by atoms with E-state index in [1.807, 2.05) is 0 Å². The Kier molecular flexibility index (Phi) is 1.66. The molecular formula is C5H9FN2O. The van der Waals surface area contributed by atoms with Gasteiger partial charge in [-0.25, -0.2) is 4.39 Å². The van der Waals surface area contributed by atoms with Crippen LogP contribution in [0.2, 0.25) is 0 Å². The van der Waals surface area contributed by atoms with Crippen molar-refractivity contribution < 1.29 is 9.18 Å². The van der Waals surface area contributed by atoms with Gasteiger partial charge in [0.05, 0.1) is 0 Å². The summed E-state index contributed by atoms with van der Waals surface area (Å²) in [6.45, 7) is 0.244. The molecule has 3 nitrogen and oxygen atoms in total. The lowest BCUT2D eigenvalue weighted by molar-refractivity contribution is -0.142. The molecule has 0 spiro atoms. The average Bonchev–Trinajstić information content (AvgIpc) is 1.88. The summed E-state index contributed by atoms with van der Waals surface area (Å²) in [7, 11) is 0. The van der Waals surface area contributed by atoms with Crippen molar-refractivity contribution in [3.63, 3.8) is 0 Å². The Balaban J connectivity index is 2.25. The van der Waals surface area contributed by atoms with Gasteiger partial charge in [0.15, 0.2) is 0 Å². The second kappa shape index (κ2) is 2.31. The number of carbonyl (C=O) groups excluding carboxylic acids is 1. The standard InChI is InChI=1S/C5H9FN2O/c6-1-2-8-3-4(7)5(8)9/h4H,1-3,7H2. The van der Waals surface area contributed by atoms with Crippen molar-refractivity contribution in [2.24, 2.45) is 5.73 Å². The number of nitrogens with two attached hydrogens (primary N) is 1. The SMILES string of the molecule is NC1CN(CCF)C1=O. The number of alkyl halides is 1. The van der Waals surface area contributed by atoms with E-state index in [2.05, 4.69) is 0 Å². The van der Waals surface area contributed by atoms with E-state index in [0.717, 1.165) is 0 Å². The highest BCUT2D eigenvalue weighted by Crippen LogP contribution is 2.05. The predicted octanol–water partition coefficient (Wildman–Crippen LogP) is -0.875. The number of hydrogen-bond acceptors (Lipinski definition) is 2. The summed E-state index contributed by atoms with van der Waals surface area (Å²) in [5, 5.41) is 0. The number of likely N-dealkylation sites (tertiary alicyclic amines) is 1. The molecule has 9 heavy (non-hydrogen) atoms. The Morgan fingerprint density at radius 2 is 2.56 bits per heavy atom. The van der Waals surface area contributed by atoms with Gasteiger partial charge < -0.3 is 10.6 Å². The van der Waals surface area contributed by atoms with E-state index in [4.69, 9.17) is 5.73 Å². The van der Waals surface area contributed by atoms with Gasteiger partial charge in [0.2, 0.25) is 5.91 Å². The van der Waals surface area contributed by atoms with Gasteiger partial charge in [-0.3, -0.25) is 4.79 Å². The third-order valence-corrected chi connectivity index (χ3v) is 1.40. The van der Waals surface area contributed by atoms with E-state index in [-0.39, 0.29) is 18.5 Å². The molecule has 4 heteroatoms. The van der Waals surface area contributed by atoms with Crippen molar-refractivity contribution in [1.29, 1.82) is 0 Å². The Labute approximate surface area is 52.6 Å². The summed E-state index contributed by atoms with van der Waals surface area (Å²) in [5.74, 6) is -0.132. The minimum Gasteiger partial charge on any atom is -0.337 e. The first-order valence-corrected chi connectivity index (χ1v) is 2.86. The maximum Gasteiger partial charge on any atom is 0.241 e. The molecule has 1 aliphatic rings. The Morgan fingerprint density at radius 1 is 1.89 bits per heavy atom. The van der Waals surface area contributed by atoms with Crippen LogP contribution in [0.15, 0.2) is 0 Å². The largest absolute Gasteiger partial charge is 0.337 e. The molecule has 1 aliphatic heterocycles. The third kappa shape index (κ3) is 1.03. The number of rotatable bonds is 2. The van der Waals surface area contributed by atoms with Crippen LogP contribution in [0, 0.1) is 0 Å². The highest BCUT2D eigenvalue weighted by molar-refractivity contribution is 5.87. The molecule has 0 aromatic carbocycles.